The highest BCUT2D eigenvalue weighted by Crippen LogP contribution is 2.37. The van der Waals surface area contributed by atoms with Gasteiger partial charge in [-0.1, -0.05) is 78.7 Å². The Hall–Kier alpha value is -2.86. The van der Waals surface area contributed by atoms with Crippen LogP contribution in [0.15, 0.2) is 72.8 Å². The van der Waals surface area contributed by atoms with E-state index in [2.05, 4.69) is 29.3 Å². The van der Waals surface area contributed by atoms with Crippen LogP contribution in [0.25, 0.3) is 11.1 Å². The summed E-state index contributed by atoms with van der Waals surface area (Å²) in [5.41, 5.74) is 3.05. The van der Waals surface area contributed by atoms with E-state index in [1.807, 2.05) is 48.5 Å². The number of halogens is 2. The minimum atomic E-state index is -0.754. The number of hydrogen-bond donors (Lipinski definition) is 2. The lowest BCUT2D eigenvalue weighted by Gasteiger charge is -2.35. The van der Waals surface area contributed by atoms with Gasteiger partial charge in [0.2, 0.25) is 0 Å². The van der Waals surface area contributed by atoms with E-state index in [1.165, 1.54) is 0 Å². The molecule has 0 aromatic heterocycles. The summed E-state index contributed by atoms with van der Waals surface area (Å²) >= 11 is 12.3. The molecule has 0 spiro atoms. The fourth-order valence-corrected chi connectivity index (χ4v) is 6.01. The first-order valence-electron chi connectivity index (χ1n) is 13.7. The zero-order valence-electron chi connectivity index (χ0n) is 22.3. The summed E-state index contributed by atoms with van der Waals surface area (Å²) in [4.78, 5) is 27.4. The molecule has 7 heteroatoms. The normalized spacial score (nSPS) is 16.0. The van der Waals surface area contributed by atoms with Crippen molar-refractivity contribution in [3.63, 3.8) is 0 Å². The number of amides is 1. The Morgan fingerprint density at radius 3 is 2.28 bits per heavy atom. The first-order chi connectivity index (χ1) is 18.8. The van der Waals surface area contributed by atoms with Gasteiger partial charge >= 0.3 is 5.97 Å². The maximum atomic E-state index is 13.3. The van der Waals surface area contributed by atoms with Gasteiger partial charge in [0.05, 0.1) is 6.42 Å². The largest absolute Gasteiger partial charge is 0.481 e. The van der Waals surface area contributed by atoms with Crippen LogP contribution < -0.4 is 5.32 Å². The monoisotopic (exact) mass is 566 g/mol. The van der Waals surface area contributed by atoms with Crippen molar-refractivity contribution in [2.45, 2.75) is 56.9 Å². The number of carbonyl (C=O) groups excluding carboxylic acids is 1. The second-order valence-corrected chi connectivity index (χ2v) is 11.3. The lowest BCUT2D eigenvalue weighted by atomic mass is 9.72. The fraction of sp³-hybridized carbons (Fsp3) is 0.375. The number of aliphatic carboxylic acids is 1. The third-order valence-electron chi connectivity index (χ3n) is 7.99. The second kappa shape index (κ2) is 13.5. The summed E-state index contributed by atoms with van der Waals surface area (Å²) in [5, 5.41) is 14.0. The van der Waals surface area contributed by atoms with E-state index < -0.39 is 5.97 Å². The van der Waals surface area contributed by atoms with Gasteiger partial charge in [-0.2, -0.15) is 0 Å². The Kier molecular flexibility index (Phi) is 10.1. The van der Waals surface area contributed by atoms with Crippen LogP contribution in [0, 0.1) is 0 Å². The molecule has 0 radical (unpaired) electrons. The van der Waals surface area contributed by atoms with E-state index in [0.29, 0.717) is 15.6 Å². The molecular formula is C32H36Cl2N2O3. The molecule has 1 aliphatic rings. The number of benzene rings is 3. The Balaban J connectivity index is 1.32. The molecule has 1 fully saturated rings. The van der Waals surface area contributed by atoms with Crippen molar-refractivity contribution >= 4 is 35.1 Å². The number of nitrogens with one attached hydrogen (secondary N) is 1. The van der Waals surface area contributed by atoms with Crippen LogP contribution in [-0.2, 0) is 10.2 Å². The minimum Gasteiger partial charge on any atom is -0.481 e. The first-order valence-corrected chi connectivity index (χ1v) is 14.4. The average molecular weight is 568 g/mol. The molecule has 2 N–H and O–H groups in total. The van der Waals surface area contributed by atoms with Gasteiger partial charge in [-0.25, -0.2) is 0 Å². The molecule has 1 heterocycles. The van der Waals surface area contributed by atoms with E-state index in [9.17, 15) is 14.7 Å². The predicted octanol–water partition coefficient (Wildman–Crippen LogP) is 7.46. The number of likely N-dealkylation sites (tertiary alicyclic amines) is 1. The third-order valence-corrected chi connectivity index (χ3v) is 8.47. The Morgan fingerprint density at radius 2 is 1.64 bits per heavy atom. The molecule has 0 bridgehead atoms. The molecule has 39 heavy (non-hydrogen) atoms. The van der Waals surface area contributed by atoms with Gasteiger partial charge in [-0.15, -0.1) is 0 Å². The van der Waals surface area contributed by atoms with Crippen molar-refractivity contribution in [3.05, 3.63) is 94.0 Å². The lowest BCUT2D eigenvalue weighted by Crippen LogP contribution is -2.45. The van der Waals surface area contributed by atoms with E-state index in [0.717, 1.165) is 68.4 Å². The van der Waals surface area contributed by atoms with Gasteiger partial charge in [0.15, 0.2) is 0 Å². The summed E-state index contributed by atoms with van der Waals surface area (Å²) in [6.07, 6.45) is 4.44. The molecule has 4 rings (SSSR count). The lowest BCUT2D eigenvalue weighted by molar-refractivity contribution is -0.138. The van der Waals surface area contributed by atoms with Crippen LogP contribution in [0.5, 0.6) is 0 Å². The van der Waals surface area contributed by atoms with Crippen molar-refractivity contribution in [2.24, 2.45) is 0 Å². The topological polar surface area (TPSA) is 69.6 Å². The summed E-state index contributed by atoms with van der Waals surface area (Å²) < 4.78 is 0. The Labute approximate surface area is 241 Å². The van der Waals surface area contributed by atoms with Gasteiger partial charge < -0.3 is 15.3 Å². The molecule has 3 aromatic rings. The summed E-state index contributed by atoms with van der Waals surface area (Å²) in [7, 11) is 0. The van der Waals surface area contributed by atoms with Crippen LogP contribution in [-0.4, -0.2) is 47.6 Å². The SMILES string of the molecule is CCC(CCCN1CCC(NC(=O)c2cc(Cl)ccc2-c2ccc(Cl)cc2)CC1)(CC(=O)O)c1ccccc1. The van der Waals surface area contributed by atoms with Gasteiger partial charge in [-0.3, -0.25) is 9.59 Å². The number of carboxylic acid groups (broad SMARTS) is 1. The average Bonchev–Trinajstić information content (AvgIpc) is 2.94. The van der Waals surface area contributed by atoms with Crippen molar-refractivity contribution in [1.82, 2.24) is 10.2 Å². The highest BCUT2D eigenvalue weighted by Gasteiger charge is 2.33. The van der Waals surface area contributed by atoms with E-state index in [-0.39, 0.29) is 23.8 Å². The first kappa shape index (κ1) is 29.1. The fourth-order valence-electron chi connectivity index (χ4n) is 5.71. The van der Waals surface area contributed by atoms with E-state index in [4.69, 9.17) is 23.2 Å². The Morgan fingerprint density at radius 1 is 0.974 bits per heavy atom. The number of carboxylic acids is 1. The predicted molar refractivity (Wildman–Crippen MR) is 159 cm³/mol. The van der Waals surface area contributed by atoms with Crippen LogP contribution in [0.1, 0.15) is 61.4 Å². The van der Waals surface area contributed by atoms with Crippen molar-refractivity contribution < 1.29 is 14.7 Å². The minimum absolute atomic E-state index is 0.0943. The second-order valence-electron chi connectivity index (χ2n) is 10.5. The van der Waals surface area contributed by atoms with Crippen LogP contribution in [0.2, 0.25) is 10.0 Å². The van der Waals surface area contributed by atoms with Gasteiger partial charge in [0, 0.05) is 40.2 Å². The van der Waals surface area contributed by atoms with E-state index >= 15 is 0 Å². The maximum absolute atomic E-state index is 13.3. The number of rotatable bonds is 11. The molecule has 5 nitrogen and oxygen atoms in total. The van der Waals surface area contributed by atoms with Crippen molar-refractivity contribution in [3.8, 4) is 11.1 Å². The molecule has 3 aromatic carbocycles. The molecule has 1 unspecified atom stereocenters. The molecule has 1 atom stereocenters. The summed E-state index contributed by atoms with van der Waals surface area (Å²) in [6.45, 7) is 4.80. The zero-order valence-corrected chi connectivity index (χ0v) is 23.8. The number of carbonyl (C=O) groups is 2. The highest BCUT2D eigenvalue weighted by atomic mass is 35.5. The third kappa shape index (κ3) is 7.63. The molecule has 1 amide bonds. The van der Waals surface area contributed by atoms with Crippen LogP contribution in [0.3, 0.4) is 0 Å². The van der Waals surface area contributed by atoms with Gasteiger partial charge in [-0.05, 0) is 79.6 Å². The van der Waals surface area contributed by atoms with Gasteiger partial charge in [0.1, 0.15) is 0 Å². The number of nitrogens with zero attached hydrogens (tertiary/aromatic N) is 1. The molecule has 1 aliphatic heterocycles. The highest BCUT2D eigenvalue weighted by molar-refractivity contribution is 6.31. The molecule has 0 aliphatic carbocycles. The zero-order chi connectivity index (χ0) is 27.8. The molecular weight excluding hydrogens is 531 g/mol. The summed E-state index contributed by atoms with van der Waals surface area (Å²) in [6, 6.07) is 23.0. The Bertz CT molecular complexity index is 1260. The maximum Gasteiger partial charge on any atom is 0.304 e. The van der Waals surface area contributed by atoms with Gasteiger partial charge in [0.25, 0.3) is 5.91 Å². The van der Waals surface area contributed by atoms with Crippen molar-refractivity contribution in [2.75, 3.05) is 19.6 Å². The standard InChI is InChI=1S/C32H36Cl2N2O3/c1-2-32(22-30(37)38,24-7-4-3-5-8-24)17-6-18-36-19-15-27(16-20-36)35-31(39)29-21-26(34)13-14-28(29)23-9-11-25(33)12-10-23/h3-5,7-14,21,27H,2,6,15-20,22H2,1H3,(H,35,39)(H,37,38). The smallest absolute Gasteiger partial charge is 0.304 e. The molecule has 206 valence electrons. The molecule has 1 saturated heterocycles. The molecule has 0 saturated carbocycles. The number of hydrogen-bond acceptors (Lipinski definition) is 3. The van der Waals surface area contributed by atoms with Crippen LogP contribution in [0.4, 0.5) is 0 Å². The number of piperidine rings is 1. The van der Waals surface area contributed by atoms with Crippen molar-refractivity contribution in [1.29, 1.82) is 0 Å². The van der Waals surface area contributed by atoms with E-state index in [1.54, 1.807) is 12.1 Å². The quantitative estimate of drug-likeness (QED) is 0.252. The summed E-state index contributed by atoms with van der Waals surface area (Å²) in [5.74, 6) is -0.874. The van der Waals surface area contributed by atoms with Crippen LogP contribution >= 0.6 is 23.2 Å².